The summed E-state index contributed by atoms with van der Waals surface area (Å²) in [6.45, 7) is 0.141. The van der Waals surface area contributed by atoms with Gasteiger partial charge in [-0.2, -0.15) is 5.26 Å². The molecule has 3 N–H and O–H groups in total. The third-order valence-electron chi connectivity index (χ3n) is 2.76. The molecule has 0 spiro atoms. The van der Waals surface area contributed by atoms with Crippen LogP contribution in [0.4, 0.5) is 5.69 Å². The van der Waals surface area contributed by atoms with E-state index in [9.17, 15) is 8.42 Å². The van der Waals surface area contributed by atoms with Crippen LogP contribution in [0.15, 0.2) is 53.4 Å². The summed E-state index contributed by atoms with van der Waals surface area (Å²) in [5.41, 5.74) is 7.16. The summed E-state index contributed by atoms with van der Waals surface area (Å²) in [7, 11) is -3.64. The predicted molar refractivity (Wildman–Crippen MR) is 76.0 cm³/mol. The molecule has 0 bridgehead atoms. The first kappa shape index (κ1) is 14.1. The molecule has 0 aliphatic heterocycles. The lowest BCUT2D eigenvalue weighted by atomic mass is 10.1. The van der Waals surface area contributed by atoms with Gasteiger partial charge in [-0.05, 0) is 29.8 Å². The van der Waals surface area contributed by atoms with Gasteiger partial charge in [0.25, 0.3) is 0 Å². The third-order valence-corrected chi connectivity index (χ3v) is 4.23. The van der Waals surface area contributed by atoms with Gasteiger partial charge in [0.05, 0.1) is 17.3 Å². The Kier molecular flexibility index (Phi) is 4.03. The summed E-state index contributed by atoms with van der Waals surface area (Å²) in [6.07, 6.45) is 0. The van der Waals surface area contributed by atoms with Gasteiger partial charge in [-0.25, -0.2) is 13.1 Å². The van der Waals surface area contributed by atoms with Crippen molar-refractivity contribution in [2.24, 2.45) is 0 Å². The van der Waals surface area contributed by atoms with Crippen LogP contribution in [0.2, 0.25) is 0 Å². The van der Waals surface area contributed by atoms with Crippen molar-refractivity contribution in [1.29, 1.82) is 5.26 Å². The number of hydrogen-bond donors (Lipinski definition) is 2. The summed E-state index contributed by atoms with van der Waals surface area (Å²) in [4.78, 5) is 0.0636. The van der Waals surface area contributed by atoms with E-state index in [1.165, 1.54) is 12.1 Å². The average Bonchev–Trinajstić information content (AvgIpc) is 2.46. The molecule has 0 saturated heterocycles. The van der Waals surface area contributed by atoms with Crippen molar-refractivity contribution >= 4 is 15.7 Å². The topological polar surface area (TPSA) is 96.0 Å². The van der Waals surface area contributed by atoms with E-state index in [-0.39, 0.29) is 17.1 Å². The van der Waals surface area contributed by atoms with Gasteiger partial charge in [0.1, 0.15) is 4.90 Å². The number of sulfonamides is 1. The smallest absolute Gasteiger partial charge is 0.242 e. The van der Waals surface area contributed by atoms with Crippen LogP contribution in [-0.2, 0) is 16.6 Å². The Morgan fingerprint density at radius 1 is 1.10 bits per heavy atom. The number of benzene rings is 2. The highest BCUT2D eigenvalue weighted by Crippen LogP contribution is 2.17. The van der Waals surface area contributed by atoms with Crippen LogP contribution in [0.5, 0.6) is 0 Å². The monoisotopic (exact) mass is 287 g/mol. The first-order chi connectivity index (χ1) is 9.53. The minimum absolute atomic E-state index is 0.0636. The lowest BCUT2D eigenvalue weighted by Crippen LogP contribution is -2.24. The molecular weight excluding hydrogens is 274 g/mol. The molecule has 0 radical (unpaired) electrons. The number of nitriles is 1. The fourth-order valence-corrected chi connectivity index (χ4v) is 2.83. The van der Waals surface area contributed by atoms with E-state index in [4.69, 9.17) is 11.0 Å². The molecule has 2 rings (SSSR count). The van der Waals surface area contributed by atoms with Gasteiger partial charge in [0.15, 0.2) is 0 Å². The Balaban J connectivity index is 2.13. The molecule has 0 aliphatic rings. The third kappa shape index (κ3) is 3.15. The van der Waals surface area contributed by atoms with Crippen LogP contribution in [0.3, 0.4) is 0 Å². The number of rotatable bonds is 4. The van der Waals surface area contributed by atoms with Crippen LogP contribution in [0.1, 0.15) is 11.1 Å². The maximum absolute atomic E-state index is 12.1. The number of anilines is 1. The zero-order chi connectivity index (χ0) is 14.6. The van der Waals surface area contributed by atoms with Gasteiger partial charge >= 0.3 is 0 Å². The van der Waals surface area contributed by atoms with E-state index in [0.717, 1.165) is 5.56 Å². The fourth-order valence-electron chi connectivity index (χ4n) is 1.68. The van der Waals surface area contributed by atoms with Crippen molar-refractivity contribution < 1.29 is 8.42 Å². The van der Waals surface area contributed by atoms with Crippen LogP contribution < -0.4 is 10.5 Å². The quantitative estimate of drug-likeness (QED) is 0.835. The molecule has 0 aliphatic carbocycles. The minimum atomic E-state index is -3.64. The Hall–Kier alpha value is -2.36. The normalized spacial score (nSPS) is 10.9. The molecule has 20 heavy (non-hydrogen) atoms. The number of nitrogens with one attached hydrogen (secondary N) is 1. The van der Waals surface area contributed by atoms with Crippen molar-refractivity contribution in [3.63, 3.8) is 0 Å². The Bertz CT molecular complexity index is 747. The number of nitrogen functional groups attached to an aromatic ring is 1. The average molecular weight is 287 g/mol. The molecule has 2 aromatic rings. The second kappa shape index (κ2) is 5.74. The summed E-state index contributed by atoms with van der Waals surface area (Å²) >= 11 is 0. The lowest BCUT2D eigenvalue weighted by molar-refractivity contribution is 0.582. The Labute approximate surface area is 117 Å². The molecule has 5 nitrogen and oxygen atoms in total. The van der Waals surface area contributed by atoms with Crippen molar-refractivity contribution in [3.8, 4) is 6.07 Å². The van der Waals surface area contributed by atoms with E-state index < -0.39 is 10.0 Å². The summed E-state index contributed by atoms with van der Waals surface area (Å²) in [5, 5.41) is 8.69. The molecule has 0 unspecified atom stereocenters. The van der Waals surface area contributed by atoms with E-state index in [1.54, 1.807) is 36.4 Å². The van der Waals surface area contributed by atoms with Crippen molar-refractivity contribution in [2.45, 2.75) is 11.4 Å². The highest BCUT2D eigenvalue weighted by Gasteiger charge is 2.16. The summed E-state index contributed by atoms with van der Waals surface area (Å²) < 4.78 is 26.7. The SMILES string of the molecule is N#Cc1ccc(CNS(=O)(=O)c2ccccc2N)cc1. The van der Waals surface area contributed by atoms with E-state index in [2.05, 4.69) is 4.72 Å². The van der Waals surface area contributed by atoms with Crippen LogP contribution >= 0.6 is 0 Å². The van der Waals surface area contributed by atoms with E-state index in [1.807, 2.05) is 6.07 Å². The number of para-hydroxylation sites is 1. The van der Waals surface area contributed by atoms with Crippen molar-refractivity contribution in [3.05, 3.63) is 59.7 Å². The first-order valence-corrected chi connectivity index (χ1v) is 7.34. The van der Waals surface area contributed by atoms with Crippen molar-refractivity contribution in [1.82, 2.24) is 4.72 Å². The zero-order valence-corrected chi connectivity index (χ0v) is 11.4. The molecule has 102 valence electrons. The predicted octanol–water partition coefficient (Wildman–Crippen LogP) is 1.62. The second-order valence-corrected chi connectivity index (χ2v) is 5.91. The lowest BCUT2D eigenvalue weighted by Gasteiger charge is -2.09. The Morgan fingerprint density at radius 2 is 1.75 bits per heavy atom. The summed E-state index contributed by atoms with van der Waals surface area (Å²) in [6, 6.07) is 15.0. The van der Waals surface area contributed by atoms with Gasteiger partial charge in [0.2, 0.25) is 10.0 Å². The second-order valence-electron chi connectivity index (χ2n) is 4.17. The standard InChI is InChI=1S/C14H13N3O2S/c15-9-11-5-7-12(8-6-11)10-17-20(18,19)14-4-2-1-3-13(14)16/h1-8,17H,10,16H2. The molecule has 0 atom stereocenters. The maximum atomic E-state index is 12.1. The van der Waals surface area contributed by atoms with Crippen LogP contribution in [0, 0.1) is 11.3 Å². The maximum Gasteiger partial charge on any atom is 0.242 e. The number of hydrogen-bond acceptors (Lipinski definition) is 4. The molecule has 6 heteroatoms. The first-order valence-electron chi connectivity index (χ1n) is 5.86. The van der Waals surface area contributed by atoms with E-state index in [0.29, 0.717) is 5.56 Å². The molecule has 0 aromatic heterocycles. The molecule has 0 heterocycles. The van der Waals surface area contributed by atoms with Gasteiger partial charge in [-0.3, -0.25) is 0 Å². The fraction of sp³-hybridized carbons (Fsp3) is 0.0714. The van der Waals surface area contributed by atoms with Gasteiger partial charge in [0, 0.05) is 6.54 Å². The zero-order valence-electron chi connectivity index (χ0n) is 10.6. The van der Waals surface area contributed by atoms with Gasteiger partial charge < -0.3 is 5.73 Å². The van der Waals surface area contributed by atoms with Crippen molar-refractivity contribution in [2.75, 3.05) is 5.73 Å². The van der Waals surface area contributed by atoms with Crippen LogP contribution in [-0.4, -0.2) is 8.42 Å². The minimum Gasteiger partial charge on any atom is -0.398 e. The number of nitrogens with zero attached hydrogens (tertiary/aromatic N) is 1. The highest BCUT2D eigenvalue weighted by atomic mass is 32.2. The number of nitrogens with two attached hydrogens (primary N) is 1. The molecular formula is C14H13N3O2S. The van der Waals surface area contributed by atoms with Crippen LogP contribution in [0.25, 0.3) is 0 Å². The van der Waals surface area contributed by atoms with Gasteiger partial charge in [-0.1, -0.05) is 24.3 Å². The molecule has 0 fully saturated rings. The largest absolute Gasteiger partial charge is 0.398 e. The Morgan fingerprint density at radius 3 is 2.35 bits per heavy atom. The highest BCUT2D eigenvalue weighted by molar-refractivity contribution is 7.89. The van der Waals surface area contributed by atoms with E-state index >= 15 is 0 Å². The molecule has 2 aromatic carbocycles. The molecule has 0 saturated carbocycles. The molecule has 0 amide bonds. The van der Waals surface area contributed by atoms with Gasteiger partial charge in [-0.15, -0.1) is 0 Å². The summed E-state index contributed by atoms with van der Waals surface area (Å²) in [5.74, 6) is 0.